The molecule has 0 unspecified atom stereocenters. The number of halogens is 1. The number of hydrogen-bond donors (Lipinski definition) is 0. The maximum absolute atomic E-state index is 12.4. The smallest absolute Gasteiger partial charge is 0.359 e. The average Bonchev–Trinajstić information content (AvgIpc) is 3.18. The first-order valence-electron chi connectivity index (χ1n) is 9.98. The summed E-state index contributed by atoms with van der Waals surface area (Å²) >= 11 is 7.67. The van der Waals surface area contributed by atoms with Crippen molar-refractivity contribution < 1.29 is 14.3 Å². The number of hydrogen-bond acceptors (Lipinski definition) is 7. The lowest BCUT2D eigenvalue weighted by molar-refractivity contribution is -0.115. The molecule has 0 radical (unpaired) electrons. The Morgan fingerprint density at radius 1 is 1.25 bits per heavy atom. The standard InChI is InChI=1S/C22H23ClN4O4S/c1-5-8-26-19(29)7-6-18(25-26)21(30)31-11-16-12-32-22(24-16)27(15(4)28)20-14(3)9-13(2)10-17(20)23/h6-7,9-10,12H,5,8,11H2,1-4H3. The van der Waals surface area contributed by atoms with E-state index >= 15 is 0 Å². The summed E-state index contributed by atoms with van der Waals surface area (Å²) in [6.45, 7) is 7.47. The van der Waals surface area contributed by atoms with E-state index < -0.39 is 5.97 Å². The number of carbonyl (C=O) groups excluding carboxylic acids is 2. The van der Waals surface area contributed by atoms with Crippen molar-refractivity contribution in [2.45, 2.75) is 47.3 Å². The maximum Gasteiger partial charge on any atom is 0.359 e. The van der Waals surface area contributed by atoms with Crippen LogP contribution in [0.2, 0.25) is 5.02 Å². The highest BCUT2D eigenvalue weighted by molar-refractivity contribution is 7.14. The van der Waals surface area contributed by atoms with Crippen LogP contribution in [0.4, 0.5) is 10.8 Å². The summed E-state index contributed by atoms with van der Waals surface area (Å²) in [6, 6.07) is 6.36. The van der Waals surface area contributed by atoms with Crippen LogP contribution >= 0.6 is 22.9 Å². The Kier molecular flexibility index (Phi) is 7.42. The molecule has 0 aliphatic carbocycles. The van der Waals surface area contributed by atoms with Crippen LogP contribution < -0.4 is 10.5 Å². The molecular weight excluding hydrogens is 452 g/mol. The van der Waals surface area contributed by atoms with E-state index in [1.807, 2.05) is 26.8 Å². The van der Waals surface area contributed by atoms with Gasteiger partial charge in [-0.15, -0.1) is 11.3 Å². The minimum Gasteiger partial charge on any atom is -0.454 e. The van der Waals surface area contributed by atoms with Crippen molar-refractivity contribution in [3.8, 4) is 0 Å². The van der Waals surface area contributed by atoms with Gasteiger partial charge < -0.3 is 4.74 Å². The SMILES string of the molecule is CCCn1nc(C(=O)OCc2csc(N(C(C)=O)c3c(C)cc(C)cc3Cl)n2)ccc1=O. The molecule has 8 nitrogen and oxygen atoms in total. The van der Waals surface area contributed by atoms with Crippen LogP contribution in [0.1, 0.15) is 47.6 Å². The number of carbonyl (C=O) groups is 2. The van der Waals surface area contributed by atoms with E-state index in [0.29, 0.717) is 34.5 Å². The van der Waals surface area contributed by atoms with Crippen LogP contribution in [0, 0.1) is 13.8 Å². The molecule has 1 aromatic carbocycles. The number of thiazole rings is 1. The third-order valence-corrected chi connectivity index (χ3v) is 5.69. The van der Waals surface area contributed by atoms with Gasteiger partial charge >= 0.3 is 5.97 Å². The number of rotatable bonds is 7. The molecule has 3 rings (SSSR count). The summed E-state index contributed by atoms with van der Waals surface area (Å²) in [5, 5.41) is 6.63. The predicted octanol–water partition coefficient (Wildman–Crippen LogP) is 4.42. The molecule has 10 heteroatoms. The highest BCUT2D eigenvalue weighted by atomic mass is 35.5. The van der Waals surface area contributed by atoms with E-state index in [0.717, 1.165) is 11.1 Å². The van der Waals surface area contributed by atoms with E-state index in [4.69, 9.17) is 16.3 Å². The number of aromatic nitrogens is 3. The summed E-state index contributed by atoms with van der Waals surface area (Å²) in [7, 11) is 0. The molecule has 2 heterocycles. The molecule has 0 spiro atoms. The minimum atomic E-state index is -0.662. The summed E-state index contributed by atoms with van der Waals surface area (Å²) < 4.78 is 6.54. The molecule has 0 fully saturated rings. The lowest BCUT2D eigenvalue weighted by atomic mass is 10.1. The summed E-state index contributed by atoms with van der Waals surface area (Å²) in [5.74, 6) is -0.899. The fourth-order valence-electron chi connectivity index (χ4n) is 3.19. The van der Waals surface area contributed by atoms with Gasteiger partial charge in [0.2, 0.25) is 5.91 Å². The Bertz CT molecular complexity index is 1200. The number of ether oxygens (including phenoxy) is 1. The molecule has 3 aromatic rings. The fourth-order valence-corrected chi connectivity index (χ4v) is 4.45. The first kappa shape index (κ1) is 23.6. The fraction of sp³-hybridized carbons (Fsp3) is 0.318. The van der Waals surface area contributed by atoms with Gasteiger partial charge in [0.1, 0.15) is 6.61 Å². The van der Waals surface area contributed by atoms with Gasteiger partial charge in [-0.3, -0.25) is 14.5 Å². The Morgan fingerprint density at radius 3 is 2.66 bits per heavy atom. The van der Waals surface area contributed by atoms with E-state index in [9.17, 15) is 14.4 Å². The third kappa shape index (κ3) is 5.23. The molecule has 0 saturated heterocycles. The monoisotopic (exact) mass is 474 g/mol. The summed E-state index contributed by atoms with van der Waals surface area (Å²) in [5.41, 5.74) is 2.66. The molecule has 0 N–H and O–H groups in total. The van der Waals surface area contributed by atoms with Crippen LogP contribution in [0.5, 0.6) is 0 Å². The molecule has 0 aliphatic rings. The summed E-state index contributed by atoms with van der Waals surface area (Å²) in [4.78, 5) is 42.5. The first-order chi connectivity index (χ1) is 15.2. The van der Waals surface area contributed by atoms with Gasteiger partial charge in [-0.1, -0.05) is 24.6 Å². The maximum atomic E-state index is 12.4. The highest BCUT2D eigenvalue weighted by Gasteiger charge is 2.23. The largest absolute Gasteiger partial charge is 0.454 e. The average molecular weight is 475 g/mol. The van der Waals surface area contributed by atoms with E-state index in [-0.39, 0.29) is 23.8 Å². The number of benzene rings is 1. The predicted molar refractivity (Wildman–Crippen MR) is 124 cm³/mol. The first-order valence-corrected chi connectivity index (χ1v) is 11.2. The van der Waals surface area contributed by atoms with Gasteiger partial charge in [-0.2, -0.15) is 5.10 Å². The molecule has 2 aromatic heterocycles. The second-order valence-electron chi connectivity index (χ2n) is 7.24. The third-order valence-electron chi connectivity index (χ3n) is 4.53. The second kappa shape index (κ2) is 10.1. The van der Waals surface area contributed by atoms with Crippen LogP contribution in [0.3, 0.4) is 0 Å². The zero-order valence-corrected chi connectivity index (χ0v) is 19.8. The van der Waals surface area contributed by atoms with Crippen LogP contribution in [-0.4, -0.2) is 26.6 Å². The van der Waals surface area contributed by atoms with Crippen LogP contribution in [-0.2, 0) is 22.7 Å². The van der Waals surface area contributed by atoms with Crippen molar-refractivity contribution >= 4 is 45.6 Å². The van der Waals surface area contributed by atoms with Crippen molar-refractivity contribution in [2.75, 3.05) is 4.90 Å². The summed E-state index contributed by atoms with van der Waals surface area (Å²) in [6.07, 6.45) is 0.712. The van der Waals surface area contributed by atoms with E-state index in [1.165, 1.54) is 40.0 Å². The van der Waals surface area contributed by atoms with Gasteiger partial charge in [0, 0.05) is 24.9 Å². The minimum absolute atomic E-state index is 0.0425. The van der Waals surface area contributed by atoms with Crippen LogP contribution in [0.25, 0.3) is 0 Å². The molecule has 1 amide bonds. The topological polar surface area (TPSA) is 94.4 Å². The number of esters is 1. The van der Waals surface area contributed by atoms with Crippen molar-refractivity contribution in [2.24, 2.45) is 0 Å². The lowest BCUT2D eigenvalue weighted by Gasteiger charge is -2.22. The van der Waals surface area contributed by atoms with Crippen LogP contribution in [0.15, 0.2) is 34.4 Å². The quantitative estimate of drug-likeness (QED) is 0.470. The Morgan fingerprint density at radius 2 is 2.00 bits per heavy atom. The van der Waals surface area contributed by atoms with Crippen molar-refractivity contribution in [3.05, 3.63) is 67.5 Å². The zero-order valence-electron chi connectivity index (χ0n) is 18.2. The Labute approximate surface area is 194 Å². The van der Waals surface area contributed by atoms with E-state index in [1.54, 1.807) is 11.4 Å². The molecule has 0 saturated carbocycles. The van der Waals surface area contributed by atoms with Gasteiger partial charge in [-0.25, -0.2) is 14.5 Å². The number of aryl methyl sites for hydroxylation is 3. The van der Waals surface area contributed by atoms with Crippen molar-refractivity contribution in [1.29, 1.82) is 0 Å². The highest BCUT2D eigenvalue weighted by Crippen LogP contribution is 2.37. The van der Waals surface area contributed by atoms with Gasteiger partial charge in [0.05, 0.1) is 16.4 Å². The zero-order chi connectivity index (χ0) is 23.4. The lowest BCUT2D eigenvalue weighted by Crippen LogP contribution is -2.25. The normalized spacial score (nSPS) is 10.8. The molecule has 0 atom stereocenters. The molecule has 0 aliphatic heterocycles. The molecular formula is C22H23ClN4O4S. The Balaban J connectivity index is 1.78. The van der Waals surface area contributed by atoms with Crippen molar-refractivity contribution in [3.63, 3.8) is 0 Å². The van der Waals surface area contributed by atoms with Crippen molar-refractivity contribution in [1.82, 2.24) is 14.8 Å². The van der Waals surface area contributed by atoms with E-state index in [2.05, 4.69) is 10.1 Å². The second-order valence-corrected chi connectivity index (χ2v) is 8.49. The molecule has 168 valence electrons. The molecule has 32 heavy (non-hydrogen) atoms. The molecule has 0 bridgehead atoms. The number of amides is 1. The number of nitrogens with zero attached hydrogens (tertiary/aromatic N) is 4. The van der Waals surface area contributed by atoms with Gasteiger partial charge in [0.25, 0.3) is 5.56 Å². The van der Waals surface area contributed by atoms with Gasteiger partial charge in [0.15, 0.2) is 10.8 Å². The Hall–Kier alpha value is -3.04. The van der Waals surface area contributed by atoms with Gasteiger partial charge in [-0.05, 0) is 43.5 Å². The number of anilines is 2.